The van der Waals surface area contributed by atoms with Gasteiger partial charge in [-0.05, 0) is 30.5 Å². The third kappa shape index (κ3) is 4.73. The number of unbranched alkanes of at least 4 members (excludes halogenated alkanes) is 1. The summed E-state index contributed by atoms with van der Waals surface area (Å²) in [6.45, 7) is 3.56. The molecule has 1 aromatic rings. The molecule has 0 saturated carbocycles. The largest absolute Gasteiger partial charge is 0.416 e. The third-order valence-electron chi connectivity index (χ3n) is 2.55. The number of alkyl halides is 3. The molecule has 0 amide bonds. The Labute approximate surface area is 104 Å². The molecule has 0 aliphatic carbocycles. The van der Waals surface area contributed by atoms with E-state index in [-0.39, 0.29) is 12.2 Å². The highest BCUT2D eigenvalue weighted by molar-refractivity contribution is 5.80. The van der Waals surface area contributed by atoms with E-state index in [1.165, 1.54) is 12.1 Å². The van der Waals surface area contributed by atoms with Crippen molar-refractivity contribution in [1.82, 2.24) is 0 Å². The number of carbonyl (C=O) groups excluding carboxylic acids is 1. The van der Waals surface area contributed by atoms with Crippen LogP contribution < -0.4 is 0 Å². The molecule has 0 fully saturated rings. The summed E-state index contributed by atoms with van der Waals surface area (Å²) in [6, 6.07) is 4.72. The van der Waals surface area contributed by atoms with Gasteiger partial charge in [0.25, 0.3) is 0 Å². The van der Waals surface area contributed by atoms with Crippen LogP contribution in [0.4, 0.5) is 13.2 Å². The molecule has 0 aliphatic rings. The first-order valence-corrected chi connectivity index (χ1v) is 5.72. The van der Waals surface area contributed by atoms with Gasteiger partial charge in [-0.25, -0.2) is 0 Å². The SMILES string of the molecule is C=CCCCC(=O)Cc1ccc(C(F)(F)F)cc1. The van der Waals surface area contributed by atoms with E-state index in [1.54, 1.807) is 6.08 Å². The highest BCUT2D eigenvalue weighted by Crippen LogP contribution is 2.29. The topological polar surface area (TPSA) is 17.1 Å². The van der Waals surface area contributed by atoms with Gasteiger partial charge in [0.05, 0.1) is 5.56 Å². The van der Waals surface area contributed by atoms with Crippen molar-refractivity contribution in [3.8, 4) is 0 Å². The number of allylic oxidation sites excluding steroid dienone is 1. The van der Waals surface area contributed by atoms with Crippen molar-refractivity contribution < 1.29 is 18.0 Å². The minimum Gasteiger partial charge on any atom is -0.299 e. The van der Waals surface area contributed by atoms with E-state index in [1.807, 2.05) is 0 Å². The molecule has 4 heteroatoms. The molecule has 0 atom stereocenters. The minimum absolute atomic E-state index is 0.0385. The minimum atomic E-state index is -4.33. The van der Waals surface area contributed by atoms with Crippen LogP contribution in [-0.4, -0.2) is 5.78 Å². The van der Waals surface area contributed by atoms with Crippen molar-refractivity contribution in [2.75, 3.05) is 0 Å². The van der Waals surface area contributed by atoms with E-state index in [0.29, 0.717) is 12.0 Å². The van der Waals surface area contributed by atoms with Gasteiger partial charge in [0, 0.05) is 12.8 Å². The van der Waals surface area contributed by atoms with Gasteiger partial charge in [-0.3, -0.25) is 4.79 Å². The maximum atomic E-state index is 12.3. The molecule has 1 rings (SSSR count). The van der Waals surface area contributed by atoms with Crippen molar-refractivity contribution in [3.63, 3.8) is 0 Å². The normalized spacial score (nSPS) is 11.3. The monoisotopic (exact) mass is 256 g/mol. The Bertz CT molecular complexity index is 404. The average Bonchev–Trinajstić information content (AvgIpc) is 2.29. The summed E-state index contributed by atoms with van der Waals surface area (Å²) in [4.78, 5) is 11.5. The van der Waals surface area contributed by atoms with Gasteiger partial charge in [0.1, 0.15) is 5.78 Å². The fraction of sp³-hybridized carbons (Fsp3) is 0.357. The first-order chi connectivity index (χ1) is 8.43. The number of Topliss-reactive ketones (excluding diaryl/α,β-unsaturated/α-hetero) is 1. The smallest absolute Gasteiger partial charge is 0.299 e. The molecule has 0 bridgehead atoms. The van der Waals surface area contributed by atoms with Gasteiger partial charge in [-0.1, -0.05) is 18.2 Å². The predicted octanol–water partition coefficient (Wildman–Crippen LogP) is 4.17. The number of hydrogen-bond donors (Lipinski definition) is 0. The van der Waals surface area contributed by atoms with Gasteiger partial charge in [0.2, 0.25) is 0 Å². The van der Waals surface area contributed by atoms with E-state index < -0.39 is 11.7 Å². The summed E-state index contributed by atoms with van der Waals surface area (Å²) in [6.07, 6.45) is -0.443. The maximum Gasteiger partial charge on any atom is 0.416 e. The molecule has 0 saturated heterocycles. The highest BCUT2D eigenvalue weighted by atomic mass is 19.4. The van der Waals surface area contributed by atoms with Crippen molar-refractivity contribution in [2.24, 2.45) is 0 Å². The number of carbonyl (C=O) groups is 1. The fourth-order valence-electron chi connectivity index (χ4n) is 1.57. The second-order valence-electron chi connectivity index (χ2n) is 4.09. The van der Waals surface area contributed by atoms with E-state index in [2.05, 4.69) is 6.58 Å². The lowest BCUT2D eigenvalue weighted by molar-refractivity contribution is -0.137. The van der Waals surface area contributed by atoms with Gasteiger partial charge in [-0.2, -0.15) is 13.2 Å². The molecule has 0 spiro atoms. The summed E-state index contributed by atoms with van der Waals surface area (Å²) in [7, 11) is 0. The molecular formula is C14H15F3O. The molecule has 1 aromatic carbocycles. The van der Waals surface area contributed by atoms with Crippen LogP contribution in [0.15, 0.2) is 36.9 Å². The Morgan fingerprint density at radius 2 is 1.83 bits per heavy atom. The summed E-state index contributed by atoms with van der Waals surface area (Å²) in [5, 5.41) is 0. The lowest BCUT2D eigenvalue weighted by atomic mass is 10.0. The van der Waals surface area contributed by atoms with E-state index in [9.17, 15) is 18.0 Å². The molecule has 0 radical (unpaired) electrons. The van der Waals surface area contributed by atoms with Crippen LogP contribution in [0.2, 0.25) is 0 Å². The van der Waals surface area contributed by atoms with Crippen molar-refractivity contribution in [1.29, 1.82) is 0 Å². The highest BCUT2D eigenvalue weighted by Gasteiger charge is 2.29. The lowest BCUT2D eigenvalue weighted by Gasteiger charge is -2.07. The zero-order chi connectivity index (χ0) is 13.6. The first kappa shape index (κ1) is 14.5. The Kier molecular flexibility index (Phi) is 5.13. The second kappa shape index (κ2) is 6.38. The lowest BCUT2D eigenvalue weighted by Crippen LogP contribution is -2.06. The van der Waals surface area contributed by atoms with Crippen molar-refractivity contribution in [2.45, 2.75) is 31.9 Å². The standard InChI is InChI=1S/C14H15F3O/c1-2-3-4-5-13(18)10-11-6-8-12(9-7-11)14(15,16)17/h2,6-9H,1,3-5,10H2. The Morgan fingerprint density at radius 3 is 2.33 bits per heavy atom. The fourth-order valence-corrected chi connectivity index (χ4v) is 1.57. The first-order valence-electron chi connectivity index (χ1n) is 5.72. The van der Waals surface area contributed by atoms with E-state index >= 15 is 0 Å². The second-order valence-corrected chi connectivity index (χ2v) is 4.09. The predicted molar refractivity (Wildman–Crippen MR) is 64.2 cm³/mol. The van der Waals surface area contributed by atoms with Gasteiger partial charge in [-0.15, -0.1) is 6.58 Å². The molecule has 0 N–H and O–H groups in total. The zero-order valence-corrected chi connectivity index (χ0v) is 9.96. The Balaban J connectivity index is 2.53. The van der Waals surface area contributed by atoms with Gasteiger partial charge in [0.15, 0.2) is 0 Å². The molecule has 1 nitrogen and oxygen atoms in total. The van der Waals surface area contributed by atoms with Crippen molar-refractivity contribution >= 4 is 5.78 Å². The number of hydrogen-bond acceptors (Lipinski definition) is 1. The van der Waals surface area contributed by atoms with Crippen LogP contribution in [0.5, 0.6) is 0 Å². The Hall–Kier alpha value is -1.58. The molecule has 18 heavy (non-hydrogen) atoms. The van der Waals surface area contributed by atoms with Crippen LogP contribution in [0, 0.1) is 0 Å². The van der Waals surface area contributed by atoms with Gasteiger partial charge >= 0.3 is 6.18 Å². The van der Waals surface area contributed by atoms with Crippen LogP contribution in [-0.2, 0) is 17.4 Å². The summed E-state index contributed by atoms with van der Waals surface area (Å²) in [5.74, 6) is 0.0385. The number of benzene rings is 1. The van der Waals surface area contributed by atoms with Crippen LogP contribution >= 0.6 is 0 Å². The van der Waals surface area contributed by atoms with E-state index in [4.69, 9.17) is 0 Å². The molecular weight excluding hydrogens is 241 g/mol. The number of rotatable bonds is 6. The van der Waals surface area contributed by atoms with E-state index in [0.717, 1.165) is 25.0 Å². The summed E-state index contributed by atoms with van der Waals surface area (Å²) in [5.41, 5.74) is -0.0723. The summed E-state index contributed by atoms with van der Waals surface area (Å²) < 4.78 is 36.9. The van der Waals surface area contributed by atoms with Crippen LogP contribution in [0.25, 0.3) is 0 Å². The molecule has 0 aliphatic heterocycles. The molecule has 98 valence electrons. The quantitative estimate of drug-likeness (QED) is 0.551. The zero-order valence-electron chi connectivity index (χ0n) is 9.96. The molecule has 0 aromatic heterocycles. The molecule has 0 unspecified atom stereocenters. The van der Waals surface area contributed by atoms with Crippen LogP contribution in [0.3, 0.4) is 0 Å². The maximum absolute atomic E-state index is 12.3. The third-order valence-corrected chi connectivity index (χ3v) is 2.55. The van der Waals surface area contributed by atoms with Gasteiger partial charge < -0.3 is 0 Å². The number of ketones is 1. The average molecular weight is 256 g/mol. The Morgan fingerprint density at radius 1 is 1.22 bits per heavy atom. The number of halogens is 3. The van der Waals surface area contributed by atoms with Crippen molar-refractivity contribution in [3.05, 3.63) is 48.0 Å². The van der Waals surface area contributed by atoms with Crippen LogP contribution in [0.1, 0.15) is 30.4 Å². The molecule has 0 heterocycles. The summed E-state index contributed by atoms with van der Waals surface area (Å²) >= 11 is 0.